The third kappa shape index (κ3) is 3.91. The van der Waals surface area contributed by atoms with E-state index in [1.54, 1.807) is 0 Å². The minimum atomic E-state index is -2.36. The van der Waals surface area contributed by atoms with E-state index in [0.717, 1.165) is 12.8 Å². The van der Waals surface area contributed by atoms with Gasteiger partial charge in [-0.1, -0.05) is 0 Å². The molecule has 0 aromatic heterocycles. The second kappa shape index (κ2) is 3.64. The first-order valence-corrected chi connectivity index (χ1v) is 3.76. The van der Waals surface area contributed by atoms with Gasteiger partial charge in [-0.25, -0.2) is 8.78 Å². The van der Waals surface area contributed by atoms with Gasteiger partial charge in [0, 0.05) is 18.9 Å². The number of rotatable bonds is 4. The summed E-state index contributed by atoms with van der Waals surface area (Å²) in [6.45, 7) is 0. The van der Waals surface area contributed by atoms with E-state index < -0.39 is 6.43 Å². The van der Waals surface area contributed by atoms with Gasteiger partial charge in [-0.15, -0.1) is 0 Å². The average Bonchev–Trinajstić information content (AvgIpc) is 2.67. The largest absolute Gasteiger partial charge is 0.353 e. The first kappa shape index (κ1) is 8.43. The van der Waals surface area contributed by atoms with Gasteiger partial charge in [0.05, 0.1) is 0 Å². The van der Waals surface area contributed by atoms with Crippen molar-refractivity contribution in [3.8, 4) is 0 Å². The van der Waals surface area contributed by atoms with Crippen LogP contribution in [0.15, 0.2) is 0 Å². The van der Waals surface area contributed by atoms with Crippen LogP contribution in [0.1, 0.15) is 25.7 Å². The third-order valence-corrected chi connectivity index (χ3v) is 1.53. The van der Waals surface area contributed by atoms with Crippen molar-refractivity contribution in [2.24, 2.45) is 0 Å². The normalized spacial score (nSPS) is 17.0. The van der Waals surface area contributed by atoms with Gasteiger partial charge in [-0.2, -0.15) is 0 Å². The number of amides is 1. The first-order chi connectivity index (χ1) is 5.18. The molecular weight excluding hydrogens is 152 g/mol. The molecule has 0 unspecified atom stereocenters. The van der Waals surface area contributed by atoms with Gasteiger partial charge in [-0.05, 0) is 12.8 Å². The molecule has 1 fully saturated rings. The van der Waals surface area contributed by atoms with E-state index in [9.17, 15) is 13.6 Å². The fourth-order valence-electron chi connectivity index (χ4n) is 0.768. The number of alkyl halides is 2. The smallest absolute Gasteiger partial charge is 0.239 e. The van der Waals surface area contributed by atoms with E-state index in [1.165, 1.54) is 0 Å². The van der Waals surface area contributed by atoms with Crippen molar-refractivity contribution in [1.29, 1.82) is 0 Å². The van der Waals surface area contributed by atoms with E-state index in [-0.39, 0.29) is 24.8 Å². The number of nitrogens with one attached hydrogen (secondary N) is 1. The Hall–Kier alpha value is -0.670. The van der Waals surface area contributed by atoms with Crippen LogP contribution in [-0.2, 0) is 4.79 Å². The molecule has 0 aromatic rings. The number of hydrogen-bond donors (Lipinski definition) is 1. The van der Waals surface area contributed by atoms with Gasteiger partial charge < -0.3 is 5.32 Å². The molecule has 0 aromatic carbocycles. The molecule has 0 atom stereocenters. The molecule has 0 spiro atoms. The first-order valence-electron chi connectivity index (χ1n) is 3.76. The maximum absolute atomic E-state index is 11.6. The standard InChI is InChI=1S/C7H11F2NO/c8-6(9)3-4-7(11)10-5-1-2-5/h5-6H,1-4H2,(H,10,11). The highest BCUT2D eigenvalue weighted by Gasteiger charge is 2.23. The lowest BCUT2D eigenvalue weighted by Gasteiger charge is -2.01. The Kier molecular flexibility index (Phi) is 2.79. The molecule has 0 aliphatic heterocycles. The van der Waals surface area contributed by atoms with Crippen LogP contribution >= 0.6 is 0 Å². The lowest BCUT2D eigenvalue weighted by Crippen LogP contribution is -2.25. The Morgan fingerprint density at radius 3 is 2.64 bits per heavy atom. The molecule has 1 aliphatic carbocycles. The van der Waals surface area contributed by atoms with E-state index >= 15 is 0 Å². The predicted molar refractivity (Wildman–Crippen MR) is 36.4 cm³/mol. The maximum Gasteiger partial charge on any atom is 0.239 e. The molecule has 2 nitrogen and oxygen atoms in total. The topological polar surface area (TPSA) is 29.1 Å². The molecule has 64 valence electrons. The summed E-state index contributed by atoms with van der Waals surface area (Å²) in [4.78, 5) is 10.8. The third-order valence-electron chi connectivity index (χ3n) is 1.53. The van der Waals surface area contributed by atoms with Crippen LogP contribution < -0.4 is 5.32 Å². The van der Waals surface area contributed by atoms with Crippen molar-refractivity contribution in [2.45, 2.75) is 38.2 Å². The molecule has 1 N–H and O–H groups in total. The zero-order valence-corrected chi connectivity index (χ0v) is 6.15. The van der Waals surface area contributed by atoms with Crippen LogP contribution in [-0.4, -0.2) is 18.4 Å². The highest BCUT2D eigenvalue weighted by atomic mass is 19.3. The van der Waals surface area contributed by atoms with E-state index in [1.807, 2.05) is 0 Å². The van der Waals surface area contributed by atoms with Gasteiger partial charge >= 0.3 is 0 Å². The molecule has 0 heterocycles. The molecule has 11 heavy (non-hydrogen) atoms. The van der Waals surface area contributed by atoms with Crippen molar-refractivity contribution in [3.05, 3.63) is 0 Å². The molecule has 1 saturated carbocycles. The van der Waals surface area contributed by atoms with Crippen LogP contribution in [0.5, 0.6) is 0 Å². The molecule has 0 saturated heterocycles. The van der Waals surface area contributed by atoms with E-state index in [2.05, 4.69) is 5.32 Å². The monoisotopic (exact) mass is 163 g/mol. The van der Waals surface area contributed by atoms with Crippen molar-refractivity contribution >= 4 is 5.91 Å². The van der Waals surface area contributed by atoms with Gasteiger partial charge in [0.1, 0.15) is 0 Å². The fourth-order valence-corrected chi connectivity index (χ4v) is 0.768. The van der Waals surface area contributed by atoms with E-state index in [4.69, 9.17) is 0 Å². The minimum absolute atomic E-state index is 0.0475. The lowest BCUT2D eigenvalue weighted by atomic mass is 10.3. The molecular formula is C7H11F2NO. The van der Waals surface area contributed by atoms with Crippen molar-refractivity contribution in [2.75, 3.05) is 0 Å². The molecule has 1 amide bonds. The van der Waals surface area contributed by atoms with Gasteiger partial charge in [0.25, 0.3) is 0 Å². The van der Waals surface area contributed by atoms with Gasteiger partial charge in [0.15, 0.2) is 0 Å². The summed E-state index contributed by atoms with van der Waals surface area (Å²) in [7, 11) is 0. The second-order valence-corrected chi connectivity index (χ2v) is 2.77. The Balaban J connectivity index is 2.00. The van der Waals surface area contributed by atoms with Gasteiger partial charge in [-0.3, -0.25) is 4.79 Å². The maximum atomic E-state index is 11.6. The zero-order valence-electron chi connectivity index (χ0n) is 6.15. The summed E-state index contributed by atoms with van der Waals surface area (Å²) in [6, 6.07) is 0.278. The molecule has 0 bridgehead atoms. The van der Waals surface area contributed by atoms with Crippen LogP contribution in [0.25, 0.3) is 0 Å². The van der Waals surface area contributed by atoms with Crippen LogP contribution in [0, 0.1) is 0 Å². The lowest BCUT2D eigenvalue weighted by molar-refractivity contribution is -0.121. The number of halogens is 2. The molecule has 0 radical (unpaired) electrons. The average molecular weight is 163 g/mol. The van der Waals surface area contributed by atoms with Crippen molar-refractivity contribution in [1.82, 2.24) is 5.32 Å². The Morgan fingerprint density at radius 1 is 1.55 bits per heavy atom. The molecule has 1 aliphatic rings. The van der Waals surface area contributed by atoms with E-state index in [0.29, 0.717) is 0 Å². The number of carbonyl (C=O) groups excluding carboxylic acids is 1. The van der Waals surface area contributed by atoms with Crippen molar-refractivity contribution < 1.29 is 13.6 Å². The zero-order chi connectivity index (χ0) is 8.27. The Morgan fingerprint density at radius 2 is 2.18 bits per heavy atom. The highest BCUT2D eigenvalue weighted by Crippen LogP contribution is 2.18. The molecule has 1 rings (SSSR count). The number of carbonyl (C=O) groups is 1. The van der Waals surface area contributed by atoms with Gasteiger partial charge in [0.2, 0.25) is 12.3 Å². The minimum Gasteiger partial charge on any atom is -0.353 e. The van der Waals surface area contributed by atoms with Crippen LogP contribution in [0.2, 0.25) is 0 Å². The Bertz CT molecular complexity index is 145. The van der Waals surface area contributed by atoms with Crippen LogP contribution in [0.4, 0.5) is 8.78 Å². The SMILES string of the molecule is O=C(CCC(F)F)NC1CC1. The summed E-state index contributed by atoms with van der Waals surface area (Å²) in [5, 5.41) is 2.64. The quantitative estimate of drug-likeness (QED) is 0.665. The highest BCUT2D eigenvalue weighted by molar-refractivity contribution is 5.76. The fraction of sp³-hybridized carbons (Fsp3) is 0.857. The summed E-state index contributed by atoms with van der Waals surface area (Å²) in [5.74, 6) is -0.243. The molecule has 4 heteroatoms. The Labute approximate surface area is 64.0 Å². The summed E-state index contributed by atoms with van der Waals surface area (Å²) in [5.41, 5.74) is 0. The second-order valence-electron chi connectivity index (χ2n) is 2.77. The van der Waals surface area contributed by atoms with Crippen molar-refractivity contribution in [3.63, 3.8) is 0 Å². The van der Waals surface area contributed by atoms with Crippen LogP contribution in [0.3, 0.4) is 0 Å². The summed E-state index contributed by atoms with van der Waals surface area (Å²) < 4.78 is 23.1. The predicted octanol–water partition coefficient (Wildman–Crippen LogP) is 1.31. The number of hydrogen-bond acceptors (Lipinski definition) is 1. The summed E-state index contributed by atoms with van der Waals surface area (Å²) >= 11 is 0. The summed E-state index contributed by atoms with van der Waals surface area (Å²) in [6.07, 6.45) is -0.729.